The number of nitrogens with one attached hydrogen (secondary N) is 1. The van der Waals surface area contributed by atoms with Gasteiger partial charge in [0.25, 0.3) is 0 Å². The summed E-state index contributed by atoms with van der Waals surface area (Å²) in [5.74, 6) is 4.00. The standard InChI is InChI=1S/C27H37N3O/c1-6-8-22-21(7-2)28-25(29-22)20-11-10-18-17-9-12-23-27(4,16-14-24(31)30(23)5)19(17)13-15-26(18,20)3/h6-8,14,16-20,23H,2,9-13,15H2,1,3-5H3,(H,28,29)/b8-6-/t17?,18?,19?,20-,23?,26+,27?/m1/s1. The van der Waals surface area contributed by atoms with Gasteiger partial charge in [0.1, 0.15) is 5.82 Å². The maximum atomic E-state index is 12.3. The molecule has 0 bridgehead atoms. The molecular formula is C27H37N3O. The first kappa shape index (κ1) is 20.8. The van der Waals surface area contributed by atoms with Gasteiger partial charge in [-0.15, -0.1) is 0 Å². The Morgan fingerprint density at radius 3 is 2.74 bits per heavy atom. The summed E-state index contributed by atoms with van der Waals surface area (Å²) in [7, 11) is 2.00. The number of carbonyl (C=O) groups is 1. The summed E-state index contributed by atoms with van der Waals surface area (Å²) < 4.78 is 0. The highest BCUT2D eigenvalue weighted by atomic mass is 16.2. The van der Waals surface area contributed by atoms with Gasteiger partial charge < -0.3 is 9.88 Å². The van der Waals surface area contributed by atoms with E-state index in [1.807, 2.05) is 31.0 Å². The average molecular weight is 420 g/mol. The molecule has 2 heterocycles. The first-order chi connectivity index (χ1) is 14.8. The molecule has 7 atom stereocenters. The zero-order valence-electron chi connectivity index (χ0n) is 19.5. The number of rotatable bonds is 3. The summed E-state index contributed by atoms with van der Waals surface area (Å²) in [6, 6.07) is 0.358. The third kappa shape index (κ3) is 2.86. The first-order valence-electron chi connectivity index (χ1n) is 12.1. The van der Waals surface area contributed by atoms with Crippen molar-refractivity contribution in [1.29, 1.82) is 0 Å². The maximum absolute atomic E-state index is 12.3. The fourth-order valence-electron chi connectivity index (χ4n) is 8.22. The van der Waals surface area contributed by atoms with E-state index in [0.29, 0.717) is 23.3 Å². The van der Waals surface area contributed by atoms with Gasteiger partial charge in [0.2, 0.25) is 5.91 Å². The van der Waals surface area contributed by atoms with Crippen LogP contribution in [0.4, 0.5) is 0 Å². The highest BCUT2D eigenvalue weighted by molar-refractivity contribution is 5.89. The van der Waals surface area contributed by atoms with E-state index in [2.05, 4.69) is 43.6 Å². The lowest BCUT2D eigenvalue weighted by Gasteiger charge is -2.60. The van der Waals surface area contributed by atoms with Crippen LogP contribution in [-0.2, 0) is 4.79 Å². The highest BCUT2D eigenvalue weighted by Gasteiger charge is 2.60. The number of aromatic nitrogens is 2. The van der Waals surface area contributed by atoms with E-state index in [0.717, 1.165) is 35.5 Å². The van der Waals surface area contributed by atoms with Gasteiger partial charge in [0, 0.05) is 24.4 Å². The van der Waals surface area contributed by atoms with Crippen molar-refractivity contribution in [2.24, 2.45) is 28.6 Å². The number of allylic oxidation sites excluding steroid dienone is 1. The maximum Gasteiger partial charge on any atom is 0.246 e. The van der Waals surface area contributed by atoms with Crippen molar-refractivity contribution in [3.05, 3.63) is 42.0 Å². The third-order valence-corrected chi connectivity index (χ3v) is 9.76. The lowest BCUT2D eigenvalue weighted by Crippen LogP contribution is -2.59. The fraction of sp³-hybridized carbons (Fsp3) is 0.630. The molecule has 3 fully saturated rings. The predicted molar refractivity (Wildman–Crippen MR) is 126 cm³/mol. The Labute approximate surface area is 186 Å². The minimum Gasteiger partial charge on any atom is -0.342 e. The summed E-state index contributed by atoms with van der Waals surface area (Å²) in [6.45, 7) is 11.0. The van der Waals surface area contributed by atoms with Gasteiger partial charge in [-0.3, -0.25) is 4.79 Å². The molecule has 1 aromatic rings. The molecule has 4 aliphatic rings. The molecule has 0 radical (unpaired) electrons. The molecule has 1 N–H and O–H groups in total. The average Bonchev–Trinajstić information content (AvgIpc) is 3.31. The van der Waals surface area contributed by atoms with Gasteiger partial charge in [-0.05, 0) is 86.8 Å². The normalized spacial score (nSPS) is 41.9. The molecule has 4 nitrogen and oxygen atoms in total. The van der Waals surface area contributed by atoms with Crippen LogP contribution in [0.2, 0.25) is 0 Å². The van der Waals surface area contributed by atoms with Crippen molar-refractivity contribution in [2.75, 3.05) is 7.05 Å². The van der Waals surface area contributed by atoms with Crippen LogP contribution < -0.4 is 0 Å². The third-order valence-electron chi connectivity index (χ3n) is 9.76. The number of H-pyrrole nitrogens is 1. The van der Waals surface area contributed by atoms with Gasteiger partial charge in [-0.2, -0.15) is 0 Å². The molecular weight excluding hydrogens is 382 g/mol. The van der Waals surface area contributed by atoms with E-state index in [1.54, 1.807) is 0 Å². The molecule has 3 saturated carbocycles. The van der Waals surface area contributed by atoms with Crippen LogP contribution in [0.1, 0.15) is 82.4 Å². The van der Waals surface area contributed by atoms with Crippen molar-refractivity contribution in [1.82, 2.24) is 14.9 Å². The zero-order valence-corrected chi connectivity index (χ0v) is 19.5. The summed E-state index contributed by atoms with van der Waals surface area (Å²) in [6.07, 6.45) is 17.6. The van der Waals surface area contributed by atoms with Crippen LogP contribution in [0.5, 0.6) is 0 Å². The molecule has 4 heteroatoms. The first-order valence-corrected chi connectivity index (χ1v) is 12.1. The Kier molecular flexibility index (Phi) is 4.84. The molecule has 0 aromatic carbocycles. The smallest absolute Gasteiger partial charge is 0.246 e. The van der Waals surface area contributed by atoms with Crippen LogP contribution in [-0.4, -0.2) is 33.9 Å². The Bertz CT molecular complexity index is 958. The van der Waals surface area contributed by atoms with Crippen LogP contribution in [0.3, 0.4) is 0 Å². The fourth-order valence-corrected chi connectivity index (χ4v) is 8.22. The van der Waals surface area contributed by atoms with Crippen molar-refractivity contribution in [3.8, 4) is 0 Å². The van der Waals surface area contributed by atoms with Crippen molar-refractivity contribution in [2.45, 2.75) is 71.3 Å². The Morgan fingerprint density at radius 1 is 1.19 bits per heavy atom. The van der Waals surface area contributed by atoms with Crippen LogP contribution in [0.25, 0.3) is 12.2 Å². The zero-order chi connectivity index (χ0) is 22.0. The molecule has 5 rings (SSSR count). The number of carbonyl (C=O) groups excluding carboxylic acids is 1. The second kappa shape index (κ2) is 7.21. The van der Waals surface area contributed by atoms with E-state index < -0.39 is 0 Å². The van der Waals surface area contributed by atoms with E-state index in [9.17, 15) is 4.79 Å². The Morgan fingerprint density at radius 2 is 2.00 bits per heavy atom. The molecule has 1 aliphatic heterocycles. The molecule has 3 aliphatic carbocycles. The summed E-state index contributed by atoms with van der Waals surface area (Å²) in [4.78, 5) is 23.0. The van der Waals surface area contributed by atoms with Crippen LogP contribution in [0, 0.1) is 28.6 Å². The van der Waals surface area contributed by atoms with Crippen molar-refractivity contribution >= 4 is 18.1 Å². The quantitative estimate of drug-likeness (QED) is 0.672. The molecule has 5 unspecified atom stereocenters. The van der Waals surface area contributed by atoms with Crippen molar-refractivity contribution < 1.29 is 4.79 Å². The second-order valence-corrected chi connectivity index (χ2v) is 10.9. The summed E-state index contributed by atoms with van der Waals surface area (Å²) in [5.41, 5.74) is 2.47. The number of likely N-dealkylation sites (N-methyl/N-ethyl adjacent to an activating group) is 1. The van der Waals surface area contributed by atoms with E-state index in [1.165, 1.54) is 32.1 Å². The lowest BCUT2D eigenvalue weighted by atomic mass is 9.47. The van der Waals surface area contributed by atoms with E-state index in [-0.39, 0.29) is 11.3 Å². The number of imidazole rings is 1. The van der Waals surface area contributed by atoms with Gasteiger partial charge in [0.15, 0.2) is 0 Å². The van der Waals surface area contributed by atoms with Crippen LogP contribution >= 0.6 is 0 Å². The molecule has 166 valence electrons. The largest absolute Gasteiger partial charge is 0.342 e. The monoisotopic (exact) mass is 419 g/mol. The SMILES string of the molecule is C=Cc1nc([C@H]2CCC3C4CCC5N(C)C(=O)C=CC5(C)C4CC[C@@]32C)[nH]c1/C=C\C. The number of hydrogen-bond acceptors (Lipinski definition) is 2. The molecule has 31 heavy (non-hydrogen) atoms. The Balaban J connectivity index is 1.46. The molecule has 1 amide bonds. The summed E-state index contributed by atoms with van der Waals surface area (Å²) >= 11 is 0. The number of fused-ring (bicyclic) bond motifs is 5. The summed E-state index contributed by atoms with van der Waals surface area (Å²) in [5, 5.41) is 0. The van der Waals surface area contributed by atoms with Gasteiger partial charge in [-0.25, -0.2) is 4.98 Å². The van der Waals surface area contributed by atoms with Crippen LogP contribution in [0.15, 0.2) is 24.8 Å². The molecule has 1 aromatic heterocycles. The van der Waals surface area contributed by atoms with Gasteiger partial charge in [-0.1, -0.05) is 32.6 Å². The molecule has 0 spiro atoms. The lowest BCUT2D eigenvalue weighted by molar-refractivity contribution is -0.138. The van der Waals surface area contributed by atoms with Gasteiger partial charge in [0.05, 0.1) is 11.4 Å². The highest BCUT2D eigenvalue weighted by Crippen LogP contribution is 2.67. The number of amides is 1. The minimum absolute atomic E-state index is 0.116. The Hall–Kier alpha value is -2.10. The topological polar surface area (TPSA) is 49.0 Å². The number of hydrogen-bond donors (Lipinski definition) is 1. The second-order valence-electron chi connectivity index (χ2n) is 10.9. The van der Waals surface area contributed by atoms with Crippen molar-refractivity contribution in [3.63, 3.8) is 0 Å². The minimum atomic E-state index is 0.116. The number of aromatic amines is 1. The number of nitrogens with zero attached hydrogens (tertiary/aromatic N) is 2. The van der Waals surface area contributed by atoms with E-state index in [4.69, 9.17) is 4.98 Å². The molecule has 0 saturated heterocycles. The van der Waals surface area contributed by atoms with Gasteiger partial charge >= 0.3 is 0 Å². The van der Waals surface area contributed by atoms with E-state index >= 15 is 0 Å². The predicted octanol–water partition coefficient (Wildman–Crippen LogP) is 5.81.